The summed E-state index contributed by atoms with van der Waals surface area (Å²) in [5, 5.41) is 18.3. The van der Waals surface area contributed by atoms with Gasteiger partial charge in [0.15, 0.2) is 0 Å². The maximum atomic E-state index is 12.5. The van der Waals surface area contributed by atoms with Crippen molar-refractivity contribution in [3.05, 3.63) is 56.3 Å². The second-order valence-corrected chi connectivity index (χ2v) is 6.48. The number of amides is 1. The van der Waals surface area contributed by atoms with E-state index in [1.165, 1.54) is 6.07 Å². The van der Waals surface area contributed by atoms with E-state index in [0.29, 0.717) is 23.8 Å². The highest BCUT2D eigenvalue weighted by Crippen LogP contribution is 2.31. The molecule has 0 spiro atoms. The Morgan fingerprint density at radius 2 is 2.22 bits per heavy atom. The minimum absolute atomic E-state index is 0.0494. The molecule has 6 nitrogen and oxygen atoms in total. The van der Waals surface area contributed by atoms with E-state index < -0.39 is 4.92 Å². The van der Waals surface area contributed by atoms with Crippen molar-refractivity contribution in [3.8, 4) is 0 Å². The highest BCUT2D eigenvalue weighted by molar-refractivity contribution is 7.07. The average molecular weight is 331 g/mol. The Balaban J connectivity index is 1.79. The van der Waals surface area contributed by atoms with Gasteiger partial charge in [0.1, 0.15) is 5.69 Å². The van der Waals surface area contributed by atoms with Crippen molar-refractivity contribution in [3.63, 3.8) is 0 Å². The number of hydrogen-bond acceptors (Lipinski definition) is 5. The Morgan fingerprint density at radius 3 is 2.83 bits per heavy atom. The second-order valence-electron chi connectivity index (χ2n) is 5.70. The number of nitrogens with one attached hydrogen (secondary N) is 1. The predicted molar refractivity (Wildman–Crippen MR) is 89.9 cm³/mol. The lowest BCUT2D eigenvalue weighted by Gasteiger charge is -2.17. The Hall–Kier alpha value is -2.41. The quantitative estimate of drug-likeness (QED) is 0.649. The smallest absolute Gasteiger partial charge is 0.293 e. The van der Waals surface area contributed by atoms with Crippen LogP contribution in [0.3, 0.4) is 0 Å². The highest BCUT2D eigenvalue weighted by atomic mass is 32.1. The summed E-state index contributed by atoms with van der Waals surface area (Å²) in [6.45, 7) is 0.484. The number of nitro groups is 1. The van der Waals surface area contributed by atoms with Gasteiger partial charge in [0.2, 0.25) is 0 Å². The molecule has 1 aromatic heterocycles. The predicted octanol–water partition coefficient (Wildman–Crippen LogP) is 3.50. The van der Waals surface area contributed by atoms with Gasteiger partial charge in [0.25, 0.3) is 11.6 Å². The van der Waals surface area contributed by atoms with Crippen molar-refractivity contribution in [2.45, 2.75) is 25.4 Å². The van der Waals surface area contributed by atoms with Crippen molar-refractivity contribution in [2.75, 3.05) is 12.4 Å². The first-order valence-electron chi connectivity index (χ1n) is 7.36. The summed E-state index contributed by atoms with van der Waals surface area (Å²) in [6, 6.07) is 6.90. The number of benzene rings is 1. The molecular weight excluding hydrogens is 314 g/mol. The monoisotopic (exact) mass is 331 g/mol. The summed E-state index contributed by atoms with van der Waals surface area (Å²) < 4.78 is 0. The molecular formula is C16H17N3O3S. The van der Waals surface area contributed by atoms with Crippen LogP contribution >= 0.6 is 11.3 Å². The zero-order valence-corrected chi connectivity index (χ0v) is 13.5. The number of nitro benzene ring substituents is 1. The maximum absolute atomic E-state index is 12.5. The van der Waals surface area contributed by atoms with Crippen LogP contribution in [0.15, 0.2) is 35.0 Å². The molecule has 2 aromatic rings. The van der Waals surface area contributed by atoms with Crippen molar-refractivity contribution >= 4 is 28.6 Å². The molecule has 0 aliphatic heterocycles. The number of thiophene rings is 1. The summed E-state index contributed by atoms with van der Waals surface area (Å²) in [5.74, 6) is -0.225. The van der Waals surface area contributed by atoms with Gasteiger partial charge in [-0.15, -0.1) is 0 Å². The Morgan fingerprint density at radius 1 is 1.43 bits per heavy atom. The van der Waals surface area contributed by atoms with Crippen LogP contribution in [0.5, 0.6) is 0 Å². The third kappa shape index (κ3) is 3.68. The standard InChI is InChI=1S/C16H17N3O3S/c1-18(9-11-6-7-23-10-11)16(20)12-2-5-14(17-13-3-4-13)15(8-12)19(21)22/h2,5-8,10,13,17H,3-4,9H2,1H3. The molecule has 1 amide bonds. The van der Waals surface area contributed by atoms with Gasteiger partial charge >= 0.3 is 0 Å². The van der Waals surface area contributed by atoms with Gasteiger partial charge in [0, 0.05) is 31.3 Å². The Bertz CT molecular complexity index is 726. The van der Waals surface area contributed by atoms with E-state index >= 15 is 0 Å². The molecule has 0 atom stereocenters. The number of nitrogens with zero attached hydrogens (tertiary/aromatic N) is 2. The lowest BCUT2D eigenvalue weighted by Crippen LogP contribution is -2.26. The first-order valence-corrected chi connectivity index (χ1v) is 8.30. The molecule has 1 aliphatic carbocycles. The van der Waals surface area contributed by atoms with E-state index in [1.807, 2.05) is 16.8 Å². The van der Waals surface area contributed by atoms with Crippen LogP contribution in [-0.2, 0) is 6.54 Å². The zero-order chi connectivity index (χ0) is 16.4. The minimum atomic E-state index is -0.444. The molecule has 1 fully saturated rings. The largest absolute Gasteiger partial charge is 0.377 e. The number of rotatable bonds is 6. The number of hydrogen-bond donors (Lipinski definition) is 1. The Kier molecular flexibility index (Phi) is 4.29. The SMILES string of the molecule is CN(Cc1ccsc1)C(=O)c1ccc(NC2CC2)c([N+](=O)[O-])c1. The van der Waals surface area contributed by atoms with Crippen LogP contribution < -0.4 is 5.32 Å². The van der Waals surface area contributed by atoms with Gasteiger partial charge in [0.05, 0.1) is 4.92 Å². The van der Waals surface area contributed by atoms with Gasteiger partial charge < -0.3 is 10.2 Å². The molecule has 1 saturated carbocycles. The van der Waals surface area contributed by atoms with Gasteiger partial charge in [-0.05, 0) is 47.4 Å². The summed E-state index contributed by atoms with van der Waals surface area (Å²) in [5.41, 5.74) is 1.81. The molecule has 120 valence electrons. The molecule has 1 heterocycles. The van der Waals surface area contributed by atoms with E-state index in [9.17, 15) is 14.9 Å². The van der Waals surface area contributed by atoms with Crippen molar-refractivity contribution in [1.82, 2.24) is 4.90 Å². The van der Waals surface area contributed by atoms with Crippen LogP contribution in [-0.4, -0.2) is 28.8 Å². The molecule has 0 unspecified atom stereocenters. The summed E-state index contributed by atoms with van der Waals surface area (Å²) >= 11 is 1.57. The van der Waals surface area contributed by atoms with E-state index in [2.05, 4.69) is 5.32 Å². The van der Waals surface area contributed by atoms with Gasteiger partial charge in [-0.25, -0.2) is 0 Å². The van der Waals surface area contributed by atoms with Crippen LogP contribution in [0.1, 0.15) is 28.8 Å². The van der Waals surface area contributed by atoms with Crippen LogP contribution in [0.2, 0.25) is 0 Å². The van der Waals surface area contributed by atoms with Gasteiger partial charge in [-0.3, -0.25) is 14.9 Å². The fraction of sp³-hybridized carbons (Fsp3) is 0.312. The topological polar surface area (TPSA) is 75.5 Å². The Labute approximate surface area is 137 Å². The first kappa shape index (κ1) is 15.5. The lowest BCUT2D eigenvalue weighted by atomic mass is 10.1. The first-order chi connectivity index (χ1) is 11.0. The second kappa shape index (κ2) is 6.37. The molecule has 1 aliphatic rings. The summed E-state index contributed by atoms with van der Waals surface area (Å²) in [7, 11) is 1.70. The molecule has 1 N–H and O–H groups in total. The zero-order valence-electron chi connectivity index (χ0n) is 12.7. The molecule has 3 rings (SSSR count). The number of anilines is 1. The molecule has 23 heavy (non-hydrogen) atoms. The van der Waals surface area contributed by atoms with E-state index in [-0.39, 0.29) is 11.6 Å². The number of carbonyl (C=O) groups is 1. The fourth-order valence-corrected chi connectivity index (χ4v) is 2.99. The fourth-order valence-electron chi connectivity index (χ4n) is 2.33. The highest BCUT2D eigenvalue weighted by Gasteiger charge is 2.26. The summed E-state index contributed by atoms with van der Waals surface area (Å²) in [6.07, 6.45) is 2.06. The molecule has 0 radical (unpaired) electrons. The third-order valence-electron chi connectivity index (χ3n) is 3.72. The molecule has 0 bridgehead atoms. The molecule has 1 aromatic carbocycles. The number of carbonyl (C=O) groups excluding carboxylic acids is 1. The van der Waals surface area contributed by atoms with Crippen LogP contribution in [0.4, 0.5) is 11.4 Å². The van der Waals surface area contributed by atoms with E-state index in [0.717, 1.165) is 18.4 Å². The summed E-state index contributed by atoms with van der Waals surface area (Å²) in [4.78, 5) is 24.9. The molecule has 0 saturated heterocycles. The lowest BCUT2D eigenvalue weighted by molar-refractivity contribution is -0.384. The normalized spacial score (nSPS) is 13.6. The molecule has 7 heteroatoms. The van der Waals surface area contributed by atoms with Crippen LogP contribution in [0.25, 0.3) is 0 Å². The maximum Gasteiger partial charge on any atom is 0.293 e. The third-order valence-corrected chi connectivity index (χ3v) is 4.46. The van der Waals surface area contributed by atoms with Gasteiger partial charge in [-0.2, -0.15) is 11.3 Å². The van der Waals surface area contributed by atoms with E-state index in [1.54, 1.807) is 35.4 Å². The minimum Gasteiger partial charge on any atom is -0.377 e. The van der Waals surface area contributed by atoms with Crippen molar-refractivity contribution < 1.29 is 9.72 Å². The van der Waals surface area contributed by atoms with Crippen molar-refractivity contribution in [2.24, 2.45) is 0 Å². The average Bonchev–Trinajstić information content (AvgIpc) is 3.20. The van der Waals surface area contributed by atoms with Crippen LogP contribution in [0, 0.1) is 10.1 Å². The van der Waals surface area contributed by atoms with Crippen molar-refractivity contribution in [1.29, 1.82) is 0 Å². The van der Waals surface area contributed by atoms with Gasteiger partial charge in [-0.1, -0.05) is 0 Å². The van der Waals surface area contributed by atoms with E-state index in [4.69, 9.17) is 0 Å².